The summed E-state index contributed by atoms with van der Waals surface area (Å²) in [5.74, 6) is 2.71. The molecule has 2 aromatic heterocycles. The molecule has 142 valence electrons. The summed E-state index contributed by atoms with van der Waals surface area (Å²) in [4.78, 5) is 2.48. The molecule has 2 aromatic rings. The first-order valence-electron chi connectivity index (χ1n) is 9.87. The maximum atomic E-state index is 6.02. The molecule has 0 amide bonds. The molecule has 0 spiro atoms. The predicted molar refractivity (Wildman–Crippen MR) is 100 cm³/mol. The van der Waals surface area contributed by atoms with Crippen molar-refractivity contribution in [2.75, 3.05) is 33.0 Å². The minimum Gasteiger partial charge on any atom is -0.465 e. The van der Waals surface area contributed by atoms with Gasteiger partial charge in [-0.3, -0.25) is 4.90 Å². The average Bonchev–Trinajstić information content (AvgIpc) is 3.28. The second-order valence-electron chi connectivity index (χ2n) is 7.66. The number of hydrogen-bond donors (Lipinski definition) is 0. The minimum atomic E-state index is 0.472. The van der Waals surface area contributed by atoms with Crippen LogP contribution in [-0.2, 0) is 22.6 Å². The molecule has 26 heavy (non-hydrogen) atoms. The molecule has 0 aliphatic carbocycles. The summed E-state index contributed by atoms with van der Waals surface area (Å²) in [5, 5.41) is 0. The predicted octanol–water partition coefficient (Wildman–Crippen LogP) is 3.78. The summed E-state index contributed by atoms with van der Waals surface area (Å²) < 4.78 is 19.6. The van der Waals surface area contributed by atoms with Gasteiger partial charge in [-0.15, -0.1) is 0 Å². The lowest BCUT2D eigenvalue weighted by Gasteiger charge is -2.34. The summed E-state index contributed by atoms with van der Waals surface area (Å²) in [6, 6.07) is 9.00. The zero-order valence-electron chi connectivity index (χ0n) is 15.7. The van der Waals surface area contributed by atoms with E-state index in [-0.39, 0.29) is 0 Å². The molecular weight excluding hydrogens is 328 g/mol. The van der Waals surface area contributed by atoms with Crippen LogP contribution >= 0.6 is 0 Å². The van der Waals surface area contributed by atoms with E-state index in [0.717, 1.165) is 76.8 Å². The Labute approximate surface area is 155 Å². The van der Waals surface area contributed by atoms with E-state index in [1.165, 1.54) is 5.69 Å². The number of furan rings is 1. The van der Waals surface area contributed by atoms with Crippen LogP contribution in [0, 0.1) is 12.8 Å². The van der Waals surface area contributed by atoms with Gasteiger partial charge < -0.3 is 18.5 Å². The number of aryl methyl sites for hydroxylation is 1. The van der Waals surface area contributed by atoms with E-state index in [1.54, 1.807) is 0 Å². The number of fused-ring (bicyclic) bond motifs is 1. The van der Waals surface area contributed by atoms with Crippen molar-refractivity contribution in [2.24, 2.45) is 5.92 Å². The fourth-order valence-corrected chi connectivity index (χ4v) is 4.12. The van der Waals surface area contributed by atoms with Crippen LogP contribution in [0.25, 0.3) is 0 Å². The average molecular weight is 358 g/mol. The quantitative estimate of drug-likeness (QED) is 0.706. The van der Waals surface area contributed by atoms with E-state index in [9.17, 15) is 0 Å². The highest BCUT2D eigenvalue weighted by molar-refractivity contribution is 5.12. The van der Waals surface area contributed by atoms with Gasteiger partial charge in [0.2, 0.25) is 0 Å². The van der Waals surface area contributed by atoms with Crippen molar-refractivity contribution in [1.82, 2.24) is 9.47 Å². The van der Waals surface area contributed by atoms with E-state index in [0.29, 0.717) is 12.0 Å². The van der Waals surface area contributed by atoms with E-state index >= 15 is 0 Å². The highest BCUT2D eigenvalue weighted by Crippen LogP contribution is 2.26. The van der Waals surface area contributed by atoms with Crippen LogP contribution in [0.15, 0.2) is 34.9 Å². The maximum absolute atomic E-state index is 6.02. The molecule has 1 unspecified atom stereocenters. The Morgan fingerprint density at radius 3 is 2.88 bits per heavy atom. The third-order valence-electron chi connectivity index (χ3n) is 5.58. The molecular formula is C21H30N2O3. The molecule has 0 N–H and O–H groups in total. The molecule has 2 aliphatic heterocycles. The van der Waals surface area contributed by atoms with Gasteiger partial charge in [0, 0.05) is 57.4 Å². The monoisotopic (exact) mass is 358 g/mol. The molecule has 1 fully saturated rings. The first-order valence-corrected chi connectivity index (χ1v) is 9.87. The van der Waals surface area contributed by atoms with Crippen LogP contribution in [0.1, 0.15) is 42.5 Å². The SMILES string of the molecule is Cc1ccc(CN2Cc3cccn3C(CCOCC3CCOCC3)C2)o1. The van der Waals surface area contributed by atoms with Crippen molar-refractivity contribution >= 4 is 0 Å². The van der Waals surface area contributed by atoms with Gasteiger partial charge in [-0.2, -0.15) is 0 Å². The first-order chi connectivity index (χ1) is 12.8. The fourth-order valence-electron chi connectivity index (χ4n) is 4.12. The van der Waals surface area contributed by atoms with E-state index in [1.807, 2.05) is 13.0 Å². The number of rotatable bonds is 7. The molecule has 0 aromatic carbocycles. The summed E-state index contributed by atoms with van der Waals surface area (Å²) in [7, 11) is 0. The Balaban J connectivity index is 1.29. The van der Waals surface area contributed by atoms with Gasteiger partial charge in [-0.05, 0) is 56.4 Å². The first kappa shape index (κ1) is 17.8. The molecule has 4 rings (SSSR count). The van der Waals surface area contributed by atoms with E-state index in [2.05, 4.69) is 33.9 Å². The van der Waals surface area contributed by atoms with Crippen molar-refractivity contribution in [3.05, 3.63) is 47.7 Å². The summed E-state index contributed by atoms with van der Waals surface area (Å²) in [5.41, 5.74) is 1.38. The van der Waals surface area contributed by atoms with Crippen LogP contribution in [-0.4, -0.2) is 42.4 Å². The highest BCUT2D eigenvalue weighted by atomic mass is 16.5. The molecule has 0 bridgehead atoms. The van der Waals surface area contributed by atoms with Crippen molar-refractivity contribution in [3.8, 4) is 0 Å². The number of nitrogens with zero attached hydrogens (tertiary/aromatic N) is 2. The van der Waals surface area contributed by atoms with Crippen LogP contribution in [0.2, 0.25) is 0 Å². The maximum Gasteiger partial charge on any atom is 0.118 e. The Bertz CT molecular complexity index is 687. The standard InChI is InChI=1S/C21H30N2O3/c1-17-4-5-21(26-17)15-22-13-19-3-2-9-23(19)20(14-22)8-12-25-16-18-6-10-24-11-7-18/h2-5,9,18,20H,6-8,10-16H2,1H3. The normalized spacial score (nSPS) is 21.8. The van der Waals surface area contributed by atoms with Crippen molar-refractivity contribution in [3.63, 3.8) is 0 Å². The van der Waals surface area contributed by atoms with E-state index < -0.39 is 0 Å². The lowest BCUT2D eigenvalue weighted by molar-refractivity contribution is 0.0159. The Morgan fingerprint density at radius 2 is 2.08 bits per heavy atom. The smallest absolute Gasteiger partial charge is 0.118 e. The van der Waals surface area contributed by atoms with Gasteiger partial charge in [0.25, 0.3) is 0 Å². The number of ether oxygens (including phenoxy) is 2. The molecule has 0 radical (unpaired) electrons. The topological polar surface area (TPSA) is 39.8 Å². The lowest BCUT2D eigenvalue weighted by atomic mass is 10.0. The molecule has 1 saturated heterocycles. The third kappa shape index (κ3) is 4.40. The van der Waals surface area contributed by atoms with Crippen molar-refractivity contribution in [1.29, 1.82) is 0 Å². The zero-order chi connectivity index (χ0) is 17.8. The zero-order valence-corrected chi connectivity index (χ0v) is 15.7. The van der Waals surface area contributed by atoms with Crippen LogP contribution < -0.4 is 0 Å². The van der Waals surface area contributed by atoms with Gasteiger partial charge >= 0.3 is 0 Å². The van der Waals surface area contributed by atoms with Gasteiger partial charge in [0.05, 0.1) is 6.54 Å². The molecule has 0 saturated carbocycles. The van der Waals surface area contributed by atoms with Gasteiger partial charge in [0.15, 0.2) is 0 Å². The van der Waals surface area contributed by atoms with Crippen molar-refractivity contribution in [2.45, 2.75) is 45.3 Å². The minimum absolute atomic E-state index is 0.472. The van der Waals surface area contributed by atoms with E-state index in [4.69, 9.17) is 13.9 Å². The van der Waals surface area contributed by atoms with Crippen molar-refractivity contribution < 1.29 is 13.9 Å². The molecule has 2 aliphatic rings. The van der Waals surface area contributed by atoms with Crippen LogP contribution in [0.3, 0.4) is 0 Å². The van der Waals surface area contributed by atoms with Gasteiger partial charge in [-0.25, -0.2) is 0 Å². The highest BCUT2D eigenvalue weighted by Gasteiger charge is 2.25. The second-order valence-corrected chi connectivity index (χ2v) is 7.66. The summed E-state index contributed by atoms with van der Waals surface area (Å²) in [6.45, 7) is 8.39. The lowest BCUT2D eigenvalue weighted by Crippen LogP contribution is -2.37. The second kappa shape index (κ2) is 8.42. The Hall–Kier alpha value is -1.56. The number of hydrogen-bond acceptors (Lipinski definition) is 4. The van der Waals surface area contributed by atoms with Crippen LogP contribution in [0.4, 0.5) is 0 Å². The Morgan fingerprint density at radius 1 is 1.19 bits per heavy atom. The largest absolute Gasteiger partial charge is 0.465 e. The van der Waals surface area contributed by atoms with Gasteiger partial charge in [0.1, 0.15) is 11.5 Å². The summed E-state index contributed by atoms with van der Waals surface area (Å²) >= 11 is 0. The Kier molecular flexibility index (Phi) is 5.78. The molecule has 5 heteroatoms. The molecule has 1 atom stereocenters. The molecule has 5 nitrogen and oxygen atoms in total. The van der Waals surface area contributed by atoms with Crippen LogP contribution in [0.5, 0.6) is 0 Å². The fraction of sp³-hybridized carbons (Fsp3) is 0.619. The third-order valence-corrected chi connectivity index (χ3v) is 5.58. The molecule has 4 heterocycles. The van der Waals surface area contributed by atoms with Gasteiger partial charge in [-0.1, -0.05) is 0 Å². The number of aromatic nitrogens is 1. The summed E-state index contributed by atoms with van der Waals surface area (Å²) in [6.07, 6.45) is 5.55.